The molecule has 1 aliphatic rings. The minimum absolute atomic E-state index is 0.195. The van der Waals surface area contributed by atoms with Crippen molar-refractivity contribution in [3.05, 3.63) is 0 Å². The van der Waals surface area contributed by atoms with Crippen LogP contribution >= 0.6 is 0 Å². The predicted octanol–water partition coefficient (Wildman–Crippen LogP) is 1.79. The summed E-state index contributed by atoms with van der Waals surface area (Å²) < 4.78 is 0. The molecule has 1 rings (SSSR count). The van der Waals surface area contributed by atoms with Gasteiger partial charge in [-0.3, -0.25) is 4.79 Å². The first-order valence-electron chi connectivity index (χ1n) is 5.81. The van der Waals surface area contributed by atoms with Crippen molar-refractivity contribution < 1.29 is 29.6 Å². The molecule has 0 radical (unpaired) electrons. The highest BCUT2D eigenvalue weighted by atomic mass is 17.4. The Bertz CT molecular complexity index is 284. The molecule has 1 saturated heterocycles. The average Bonchev–Trinajstić information content (AvgIpc) is 3.03. The van der Waals surface area contributed by atoms with Crippen molar-refractivity contribution in [3.63, 3.8) is 0 Å². The standard InChI is InChI=1S/C11H18O6/c1-8(11(10(14)15)16-17-11)6-4-2-3-5-7-9(12)13/h8H,2-7H2,1H3,(H,12,13)(H,14,15). The molecule has 98 valence electrons. The van der Waals surface area contributed by atoms with Crippen LogP contribution in [0, 0.1) is 5.92 Å². The molecule has 0 aliphatic carbocycles. The second-order valence-corrected chi connectivity index (χ2v) is 4.39. The third-order valence-corrected chi connectivity index (χ3v) is 2.99. The lowest BCUT2D eigenvalue weighted by atomic mass is 9.95. The van der Waals surface area contributed by atoms with Crippen molar-refractivity contribution in [2.75, 3.05) is 0 Å². The number of aliphatic carboxylic acids is 2. The molecule has 6 heteroatoms. The summed E-state index contributed by atoms with van der Waals surface area (Å²) in [6.45, 7) is 1.78. The minimum Gasteiger partial charge on any atom is -0.481 e. The van der Waals surface area contributed by atoms with Gasteiger partial charge in [-0.1, -0.05) is 26.2 Å². The van der Waals surface area contributed by atoms with Crippen molar-refractivity contribution in [1.82, 2.24) is 0 Å². The van der Waals surface area contributed by atoms with E-state index in [-0.39, 0.29) is 12.3 Å². The van der Waals surface area contributed by atoms with Crippen LogP contribution in [0.1, 0.15) is 45.4 Å². The highest BCUT2D eigenvalue weighted by Crippen LogP contribution is 2.40. The zero-order valence-corrected chi connectivity index (χ0v) is 9.85. The third-order valence-electron chi connectivity index (χ3n) is 2.99. The van der Waals surface area contributed by atoms with Crippen LogP contribution in [0.4, 0.5) is 0 Å². The Morgan fingerprint density at radius 2 is 1.71 bits per heavy atom. The number of unbranched alkanes of at least 4 members (excludes halogenated alkanes) is 3. The number of rotatable bonds is 9. The first kappa shape index (κ1) is 13.9. The summed E-state index contributed by atoms with van der Waals surface area (Å²) >= 11 is 0. The van der Waals surface area contributed by atoms with Gasteiger partial charge in [0.2, 0.25) is 0 Å². The molecule has 0 aromatic rings. The van der Waals surface area contributed by atoms with E-state index < -0.39 is 17.7 Å². The van der Waals surface area contributed by atoms with Gasteiger partial charge in [0, 0.05) is 12.3 Å². The van der Waals surface area contributed by atoms with Crippen LogP contribution in [0.3, 0.4) is 0 Å². The van der Waals surface area contributed by atoms with Crippen molar-refractivity contribution in [2.45, 2.75) is 51.2 Å². The summed E-state index contributed by atoms with van der Waals surface area (Å²) in [7, 11) is 0. The molecule has 0 bridgehead atoms. The van der Waals surface area contributed by atoms with E-state index in [0.29, 0.717) is 12.8 Å². The van der Waals surface area contributed by atoms with Crippen LogP contribution in [0.15, 0.2) is 0 Å². The van der Waals surface area contributed by atoms with Crippen molar-refractivity contribution in [2.24, 2.45) is 5.92 Å². The number of hydrogen-bond acceptors (Lipinski definition) is 4. The van der Waals surface area contributed by atoms with Crippen LogP contribution in [0.2, 0.25) is 0 Å². The summed E-state index contributed by atoms with van der Waals surface area (Å²) in [5.41, 5.74) is 0. The van der Waals surface area contributed by atoms with E-state index in [1.807, 2.05) is 0 Å². The van der Waals surface area contributed by atoms with E-state index in [1.54, 1.807) is 6.92 Å². The van der Waals surface area contributed by atoms with Crippen molar-refractivity contribution >= 4 is 11.9 Å². The molecule has 1 atom stereocenters. The van der Waals surface area contributed by atoms with Gasteiger partial charge in [0.05, 0.1) is 0 Å². The van der Waals surface area contributed by atoms with Crippen LogP contribution in [0.5, 0.6) is 0 Å². The molecule has 0 spiro atoms. The first-order valence-corrected chi connectivity index (χ1v) is 5.81. The maximum absolute atomic E-state index is 10.8. The predicted molar refractivity (Wildman–Crippen MR) is 57.0 cm³/mol. The van der Waals surface area contributed by atoms with E-state index in [1.165, 1.54) is 0 Å². The zero-order valence-electron chi connectivity index (χ0n) is 9.85. The summed E-state index contributed by atoms with van der Waals surface area (Å²) in [6, 6.07) is 0. The molecule has 1 aliphatic heterocycles. The summed E-state index contributed by atoms with van der Waals surface area (Å²) in [6.07, 6.45) is 4.15. The van der Waals surface area contributed by atoms with Gasteiger partial charge in [0.1, 0.15) is 0 Å². The SMILES string of the molecule is CC(CCCCCCC(=O)O)C1(C(=O)O)OO1. The number of carboxylic acids is 2. The molecule has 1 unspecified atom stereocenters. The average molecular weight is 246 g/mol. The Labute approximate surface area is 99.5 Å². The second kappa shape index (κ2) is 5.97. The van der Waals surface area contributed by atoms with E-state index in [0.717, 1.165) is 19.3 Å². The van der Waals surface area contributed by atoms with Crippen LogP contribution in [-0.2, 0) is 19.4 Å². The third kappa shape index (κ3) is 3.98. The Hall–Kier alpha value is -1.14. The number of carboxylic acid groups (broad SMARTS) is 2. The molecule has 1 heterocycles. The molecule has 17 heavy (non-hydrogen) atoms. The molecule has 0 aromatic heterocycles. The molecule has 0 saturated carbocycles. The van der Waals surface area contributed by atoms with Crippen LogP contribution in [0.25, 0.3) is 0 Å². The summed E-state index contributed by atoms with van der Waals surface area (Å²) in [4.78, 5) is 30.2. The normalized spacial score (nSPS) is 18.6. The van der Waals surface area contributed by atoms with Gasteiger partial charge in [-0.25, -0.2) is 4.79 Å². The quantitative estimate of drug-likeness (QED) is 0.365. The molecule has 0 aromatic carbocycles. The van der Waals surface area contributed by atoms with Gasteiger partial charge in [-0.2, -0.15) is 9.78 Å². The van der Waals surface area contributed by atoms with Crippen molar-refractivity contribution in [3.8, 4) is 0 Å². The van der Waals surface area contributed by atoms with Gasteiger partial charge in [0.25, 0.3) is 0 Å². The molecule has 0 amide bonds. The Morgan fingerprint density at radius 3 is 2.18 bits per heavy atom. The Balaban J connectivity index is 2.07. The highest BCUT2D eigenvalue weighted by molar-refractivity contribution is 5.77. The monoisotopic (exact) mass is 246 g/mol. The lowest BCUT2D eigenvalue weighted by molar-refractivity contribution is -0.146. The fourth-order valence-corrected chi connectivity index (χ4v) is 1.76. The maximum atomic E-state index is 10.8. The van der Waals surface area contributed by atoms with Crippen LogP contribution < -0.4 is 0 Å². The van der Waals surface area contributed by atoms with Gasteiger partial charge >= 0.3 is 17.7 Å². The highest BCUT2D eigenvalue weighted by Gasteiger charge is 2.61. The van der Waals surface area contributed by atoms with E-state index in [9.17, 15) is 9.59 Å². The van der Waals surface area contributed by atoms with Gasteiger partial charge in [0.15, 0.2) is 0 Å². The topological polar surface area (TPSA) is 99.7 Å². The lowest BCUT2D eigenvalue weighted by Crippen LogP contribution is -2.31. The minimum atomic E-state index is -1.43. The first-order chi connectivity index (χ1) is 7.99. The van der Waals surface area contributed by atoms with E-state index in [4.69, 9.17) is 10.2 Å². The number of hydrogen-bond donors (Lipinski definition) is 2. The fraction of sp³-hybridized carbons (Fsp3) is 0.818. The van der Waals surface area contributed by atoms with E-state index >= 15 is 0 Å². The molecule has 2 N–H and O–H groups in total. The van der Waals surface area contributed by atoms with Gasteiger partial charge < -0.3 is 10.2 Å². The Morgan fingerprint density at radius 1 is 1.12 bits per heavy atom. The van der Waals surface area contributed by atoms with Gasteiger partial charge in [-0.15, -0.1) is 0 Å². The molecular formula is C11H18O6. The zero-order chi connectivity index (χ0) is 12.9. The molecule has 1 fully saturated rings. The smallest absolute Gasteiger partial charge is 0.370 e. The largest absolute Gasteiger partial charge is 0.481 e. The fourth-order valence-electron chi connectivity index (χ4n) is 1.76. The van der Waals surface area contributed by atoms with Crippen molar-refractivity contribution in [1.29, 1.82) is 0 Å². The Kier molecular flexibility index (Phi) is 4.89. The summed E-state index contributed by atoms with van der Waals surface area (Å²) in [5, 5.41) is 17.3. The number of carbonyl (C=O) groups is 2. The van der Waals surface area contributed by atoms with Gasteiger partial charge in [-0.05, 0) is 12.8 Å². The molecule has 6 nitrogen and oxygen atoms in total. The molecular weight excluding hydrogens is 228 g/mol. The van der Waals surface area contributed by atoms with E-state index in [2.05, 4.69) is 9.78 Å². The summed E-state index contributed by atoms with van der Waals surface area (Å²) in [5.74, 6) is -3.49. The second-order valence-electron chi connectivity index (χ2n) is 4.39. The maximum Gasteiger partial charge on any atom is 0.370 e. The van der Waals surface area contributed by atoms with Crippen LogP contribution in [-0.4, -0.2) is 27.9 Å². The lowest BCUT2D eigenvalue weighted by Gasteiger charge is -2.11.